The first-order valence-corrected chi connectivity index (χ1v) is 5.97. The normalized spacial score (nSPS) is 13.5. The average molecular weight is 290 g/mol. The van der Waals surface area contributed by atoms with Gasteiger partial charge in [-0.25, -0.2) is 4.90 Å². The number of hydrogen-bond acceptors (Lipinski definition) is 2. The molecule has 1 aliphatic rings. The van der Waals surface area contributed by atoms with Crippen molar-refractivity contribution < 1.29 is 9.59 Å². The fraction of sp³-hybridized carbons (Fsp3) is 0.0769. The third-order valence-electron chi connectivity index (χ3n) is 2.95. The zero-order valence-electron chi connectivity index (χ0n) is 9.03. The molecule has 0 saturated carbocycles. The second-order valence-corrected chi connectivity index (χ2v) is 4.81. The van der Waals surface area contributed by atoms with Gasteiger partial charge in [0.15, 0.2) is 0 Å². The molecule has 0 bridgehead atoms. The van der Waals surface area contributed by atoms with Gasteiger partial charge < -0.3 is 0 Å². The molecule has 0 fully saturated rings. The van der Waals surface area contributed by atoms with E-state index in [0.717, 1.165) is 15.2 Å². The average Bonchev–Trinajstić information content (AvgIpc) is 2.59. The molecule has 84 valence electrons. The van der Waals surface area contributed by atoms with Gasteiger partial charge in [-0.1, -0.05) is 28.1 Å². The zero-order valence-corrected chi connectivity index (χ0v) is 10.6. The van der Waals surface area contributed by atoms with Crippen LogP contribution in [0.5, 0.6) is 0 Å². The molecule has 3 nitrogen and oxygen atoms in total. The van der Waals surface area contributed by atoms with Crippen LogP contribution in [0.4, 0.5) is 5.69 Å². The van der Waals surface area contributed by atoms with Crippen LogP contribution >= 0.6 is 15.9 Å². The second-order valence-electron chi connectivity index (χ2n) is 3.95. The zero-order chi connectivity index (χ0) is 12.2. The van der Waals surface area contributed by atoms with Crippen LogP contribution in [-0.4, -0.2) is 11.8 Å². The highest BCUT2D eigenvalue weighted by Crippen LogP contribution is 2.40. The minimum atomic E-state index is -0.255. The smallest absolute Gasteiger partial charge is 0.265 e. The molecule has 3 rings (SSSR count). The van der Waals surface area contributed by atoms with Crippen molar-refractivity contribution in [3.05, 3.63) is 40.4 Å². The van der Waals surface area contributed by atoms with Crippen LogP contribution in [0, 0.1) is 0 Å². The van der Waals surface area contributed by atoms with Crippen LogP contribution in [0.15, 0.2) is 34.8 Å². The van der Waals surface area contributed by atoms with E-state index in [1.54, 1.807) is 12.1 Å². The maximum Gasteiger partial charge on any atom is 0.265 e. The number of imide groups is 1. The number of nitrogens with zero attached hydrogens (tertiary/aromatic N) is 1. The van der Waals surface area contributed by atoms with Crippen molar-refractivity contribution in [3.8, 4) is 0 Å². The first-order valence-electron chi connectivity index (χ1n) is 5.17. The lowest BCUT2D eigenvalue weighted by Gasteiger charge is -2.12. The van der Waals surface area contributed by atoms with Gasteiger partial charge in [-0.2, -0.15) is 0 Å². The number of halogens is 1. The van der Waals surface area contributed by atoms with Gasteiger partial charge >= 0.3 is 0 Å². The molecule has 1 heterocycles. The maximum absolute atomic E-state index is 12.1. The van der Waals surface area contributed by atoms with Crippen LogP contribution in [0.3, 0.4) is 0 Å². The molecule has 2 amide bonds. The second kappa shape index (κ2) is 3.40. The number of carbonyl (C=O) groups excluding carboxylic acids is 2. The summed E-state index contributed by atoms with van der Waals surface area (Å²) in [6, 6.07) is 9.17. The minimum absolute atomic E-state index is 0.240. The first kappa shape index (κ1) is 10.5. The van der Waals surface area contributed by atoms with Gasteiger partial charge in [0.05, 0.1) is 11.3 Å². The fourth-order valence-corrected chi connectivity index (χ4v) is 2.72. The molecule has 17 heavy (non-hydrogen) atoms. The summed E-state index contributed by atoms with van der Waals surface area (Å²) >= 11 is 3.46. The SMILES string of the molecule is CC(=O)N1C(=O)c2cccc3c(Br)ccc1c23. The molecule has 4 heteroatoms. The highest BCUT2D eigenvalue weighted by Gasteiger charge is 2.32. The Bertz CT molecular complexity index is 678. The molecule has 1 aliphatic heterocycles. The Hall–Kier alpha value is -1.68. The number of rotatable bonds is 0. The molecule has 0 aliphatic carbocycles. The summed E-state index contributed by atoms with van der Waals surface area (Å²) in [5.74, 6) is -0.494. The molecule has 0 spiro atoms. The fourth-order valence-electron chi connectivity index (χ4n) is 2.26. The minimum Gasteiger partial charge on any atom is -0.274 e. The van der Waals surface area contributed by atoms with Crippen molar-refractivity contribution in [2.24, 2.45) is 0 Å². The highest BCUT2D eigenvalue weighted by atomic mass is 79.9. The van der Waals surface area contributed by atoms with Crippen LogP contribution in [0.25, 0.3) is 10.8 Å². The van der Waals surface area contributed by atoms with Crippen molar-refractivity contribution >= 4 is 44.2 Å². The lowest BCUT2D eigenvalue weighted by molar-refractivity contribution is -0.115. The Morgan fingerprint density at radius 1 is 1.24 bits per heavy atom. The largest absolute Gasteiger partial charge is 0.274 e. The number of anilines is 1. The van der Waals surface area contributed by atoms with Gasteiger partial charge in [0.1, 0.15) is 0 Å². The van der Waals surface area contributed by atoms with Gasteiger partial charge in [-0.3, -0.25) is 9.59 Å². The molecule has 0 atom stereocenters. The van der Waals surface area contributed by atoms with E-state index in [1.807, 2.05) is 18.2 Å². The summed E-state index contributed by atoms with van der Waals surface area (Å²) in [5, 5.41) is 1.80. The van der Waals surface area contributed by atoms with Crippen LogP contribution in [0.1, 0.15) is 17.3 Å². The van der Waals surface area contributed by atoms with Crippen molar-refractivity contribution in [3.63, 3.8) is 0 Å². The summed E-state index contributed by atoms with van der Waals surface area (Å²) in [6.45, 7) is 1.40. The Morgan fingerprint density at radius 3 is 2.71 bits per heavy atom. The maximum atomic E-state index is 12.1. The standard InChI is InChI=1S/C13H8BrNO2/c1-7(16)15-11-6-5-10(14)8-3-2-4-9(12(8)11)13(15)17/h2-6H,1H3. The first-order chi connectivity index (χ1) is 8.11. The molecule has 0 radical (unpaired) electrons. The van der Waals surface area contributed by atoms with E-state index in [0.29, 0.717) is 11.3 Å². The predicted molar refractivity (Wildman–Crippen MR) is 69.1 cm³/mol. The molecular weight excluding hydrogens is 282 g/mol. The van der Waals surface area contributed by atoms with Gasteiger partial charge in [0.25, 0.3) is 5.91 Å². The molecular formula is C13H8BrNO2. The number of hydrogen-bond donors (Lipinski definition) is 0. The number of amides is 2. The third kappa shape index (κ3) is 1.27. The van der Waals surface area contributed by atoms with Gasteiger partial charge in [-0.05, 0) is 23.6 Å². The Balaban J connectivity index is 2.47. The summed E-state index contributed by atoms with van der Waals surface area (Å²) in [4.78, 5) is 24.9. The molecule has 0 aromatic heterocycles. The van der Waals surface area contributed by atoms with E-state index in [1.165, 1.54) is 11.8 Å². The molecule has 0 unspecified atom stereocenters. The van der Waals surface area contributed by atoms with Crippen molar-refractivity contribution in [2.75, 3.05) is 4.90 Å². The summed E-state index contributed by atoms with van der Waals surface area (Å²) < 4.78 is 0.927. The Morgan fingerprint density at radius 2 is 2.00 bits per heavy atom. The predicted octanol–water partition coefficient (Wildman–Crippen LogP) is 3.11. The summed E-state index contributed by atoms with van der Waals surface area (Å²) in [6.07, 6.45) is 0. The van der Waals surface area contributed by atoms with Crippen molar-refractivity contribution in [2.45, 2.75) is 6.92 Å². The van der Waals surface area contributed by atoms with E-state index < -0.39 is 0 Å². The lowest BCUT2D eigenvalue weighted by atomic mass is 10.1. The third-order valence-corrected chi connectivity index (χ3v) is 3.65. The van der Waals surface area contributed by atoms with E-state index in [4.69, 9.17) is 0 Å². The van der Waals surface area contributed by atoms with E-state index in [-0.39, 0.29) is 11.8 Å². The molecule has 2 aromatic carbocycles. The number of benzene rings is 2. The quantitative estimate of drug-likeness (QED) is 0.747. The van der Waals surface area contributed by atoms with E-state index in [9.17, 15) is 9.59 Å². The van der Waals surface area contributed by atoms with Gasteiger partial charge in [-0.15, -0.1) is 0 Å². The molecule has 2 aromatic rings. The summed E-state index contributed by atoms with van der Waals surface area (Å²) in [7, 11) is 0. The van der Waals surface area contributed by atoms with Gasteiger partial charge in [0.2, 0.25) is 5.91 Å². The lowest BCUT2D eigenvalue weighted by Crippen LogP contribution is -2.31. The topological polar surface area (TPSA) is 37.4 Å². The molecule has 0 saturated heterocycles. The monoisotopic (exact) mass is 289 g/mol. The van der Waals surface area contributed by atoms with Crippen molar-refractivity contribution in [1.82, 2.24) is 0 Å². The van der Waals surface area contributed by atoms with E-state index >= 15 is 0 Å². The van der Waals surface area contributed by atoms with E-state index in [2.05, 4.69) is 15.9 Å². The van der Waals surface area contributed by atoms with Gasteiger partial charge in [0, 0.05) is 16.8 Å². The van der Waals surface area contributed by atoms with Crippen molar-refractivity contribution in [1.29, 1.82) is 0 Å². The van der Waals surface area contributed by atoms with Crippen LogP contribution in [-0.2, 0) is 4.79 Å². The van der Waals surface area contributed by atoms with Crippen LogP contribution < -0.4 is 4.90 Å². The molecule has 0 N–H and O–H groups in total. The Labute approximate surface area is 106 Å². The number of carbonyl (C=O) groups is 2. The van der Waals surface area contributed by atoms with Crippen LogP contribution in [0.2, 0.25) is 0 Å². The highest BCUT2D eigenvalue weighted by molar-refractivity contribution is 9.10. The Kier molecular flexibility index (Phi) is 2.10. The summed E-state index contributed by atoms with van der Waals surface area (Å²) in [5.41, 5.74) is 1.27.